The first-order valence-electron chi connectivity index (χ1n) is 9.65. The van der Waals surface area contributed by atoms with Crippen LogP contribution in [0, 0.1) is 0 Å². The number of amides is 1. The third-order valence-corrected chi connectivity index (χ3v) is 4.92. The van der Waals surface area contributed by atoms with E-state index in [1.807, 2.05) is 0 Å². The van der Waals surface area contributed by atoms with Crippen molar-refractivity contribution in [3.8, 4) is 17.1 Å². The molecule has 1 amide bonds. The van der Waals surface area contributed by atoms with Gasteiger partial charge in [0.15, 0.2) is 5.78 Å². The molecule has 3 aromatic carbocycles. The highest BCUT2D eigenvalue weighted by atomic mass is 35.5. The highest BCUT2D eigenvalue weighted by molar-refractivity contribution is 6.30. The maximum absolute atomic E-state index is 12.6. The van der Waals surface area contributed by atoms with E-state index in [0.29, 0.717) is 39.0 Å². The number of ether oxygens (including phenoxy) is 1. The predicted octanol–water partition coefficient (Wildman–Crippen LogP) is 4.14. The molecule has 160 valence electrons. The molecule has 1 aromatic heterocycles. The van der Waals surface area contributed by atoms with Crippen molar-refractivity contribution in [2.75, 3.05) is 12.4 Å². The number of tetrazole rings is 1. The number of carbonyl (C=O) groups is 2. The maximum atomic E-state index is 12.6. The van der Waals surface area contributed by atoms with Crippen LogP contribution >= 0.6 is 11.6 Å². The van der Waals surface area contributed by atoms with E-state index < -0.39 is 0 Å². The Kier molecular flexibility index (Phi) is 6.23. The first kappa shape index (κ1) is 21.2. The second-order valence-corrected chi connectivity index (χ2v) is 7.24. The number of benzene rings is 3. The lowest BCUT2D eigenvalue weighted by molar-refractivity contribution is 0.0960. The number of nitrogens with zero attached hydrogens (tertiary/aromatic N) is 4. The topological polar surface area (TPSA) is 99.0 Å². The van der Waals surface area contributed by atoms with Gasteiger partial charge in [-0.1, -0.05) is 23.7 Å². The summed E-state index contributed by atoms with van der Waals surface area (Å²) < 4.78 is 5.10. The number of Topliss-reactive ketones (excluding diaryl/α,β-unsaturated/α-hetero) is 1. The Morgan fingerprint density at radius 3 is 2.38 bits per heavy atom. The standard InChI is InChI=1S/C23H18ClN5O3/c1-32-18-12-8-15(9-13-18)21(30)14-29-27-22(26-28-29)19-4-2-3-5-20(19)25-23(31)16-6-10-17(24)11-7-16/h2-13H,14H2,1H3,(H,25,31). The minimum absolute atomic E-state index is 0.0708. The van der Waals surface area contributed by atoms with Gasteiger partial charge in [0.05, 0.1) is 12.8 Å². The van der Waals surface area contributed by atoms with E-state index in [9.17, 15) is 9.59 Å². The fraction of sp³-hybridized carbons (Fsp3) is 0.0870. The molecule has 0 saturated heterocycles. The van der Waals surface area contributed by atoms with Gasteiger partial charge in [-0.05, 0) is 65.9 Å². The van der Waals surface area contributed by atoms with Crippen LogP contribution in [0.2, 0.25) is 5.02 Å². The van der Waals surface area contributed by atoms with E-state index in [0.717, 1.165) is 0 Å². The number of carbonyl (C=O) groups excluding carboxylic acids is 2. The average molecular weight is 448 g/mol. The van der Waals surface area contributed by atoms with Gasteiger partial charge in [0.2, 0.25) is 5.82 Å². The van der Waals surface area contributed by atoms with Crippen molar-refractivity contribution in [2.24, 2.45) is 0 Å². The van der Waals surface area contributed by atoms with Crippen LogP contribution in [0.15, 0.2) is 72.8 Å². The molecule has 4 aromatic rings. The van der Waals surface area contributed by atoms with E-state index in [4.69, 9.17) is 16.3 Å². The van der Waals surface area contributed by atoms with Crippen LogP contribution < -0.4 is 10.1 Å². The second-order valence-electron chi connectivity index (χ2n) is 6.80. The van der Waals surface area contributed by atoms with Crippen molar-refractivity contribution < 1.29 is 14.3 Å². The van der Waals surface area contributed by atoms with Gasteiger partial charge in [0.1, 0.15) is 12.3 Å². The number of para-hydroxylation sites is 1. The summed E-state index contributed by atoms with van der Waals surface area (Å²) in [5.74, 6) is 0.497. The lowest BCUT2D eigenvalue weighted by Gasteiger charge is -2.08. The van der Waals surface area contributed by atoms with E-state index >= 15 is 0 Å². The number of rotatable bonds is 7. The summed E-state index contributed by atoms with van der Waals surface area (Å²) in [5, 5.41) is 15.8. The quantitative estimate of drug-likeness (QED) is 0.427. The summed E-state index contributed by atoms with van der Waals surface area (Å²) in [6.45, 7) is -0.0708. The van der Waals surface area contributed by atoms with Gasteiger partial charge in [-0.2, -0.15) is 4.80 Å². The zero-order valence-corrected chi connectivity index (χ0v) is 17.8. The van der Waals surface area contributed by atoms with E-state index in [2.05, 4.69) is 20.7 Å². The van der Waals surface area contributed by atoms with E-state index in [1.54, 1.807) is 79.9 Å². The third-order valence-electron chi connectivity index (χ3n) is 4.67. The van der Waals surface area contributed by atoms with Crippen molar-refractivity contribution in [3.63, 3.8) is 0 Å². The van der Waals surface area contributed by atoms with Gasteiger partial charge in [0.25, 0.3) is 5.91 Å². The highest BCUT2D eigenvalue weighted by Gasteiger charge is 2.15. The molecular formula is C23H18ClN5O3. The molecule has 8 nitrogen and oxygen atoms in total. The molecule has 0 aliphatic heterocycles. The molecule has 1 N–H and O–H groups in total. The summed E-state index contributed by atoms with van der Waals surface area (Å²) >= 11 is 5.89. The molecule has 4 rings (SSSR count). The Bertz CT molecular complexity index is 1250. The summed E-state index contributed by atoms with van der Waals surface area (Å²) in [4.78, 5) is 26.3. The molecule has 0 bridgehead atoms. The van der Waals surface area contributed by atoms with Crippen molar-refractivity contribution in [3.05, 3.63) is 88.9 Å². The van der Waals surface area contributed by atoms with Crippen LogP contribution in [0.4, 0.5) is 5.69 Å². The molecule has 0 aliphatic carbocycles. The minimum atomic E-state index is -0.295. The Labute approximate surface area is 188 Å². The number of hydrogen-bond acceptors (Lipinski definition) is 6. The molecule has 0 saturated carbocycles. The van der Waals surface area contributed by atoms with E-state index in [1.165, 1.54) is 4.80 Å². The Balaban J connectivity index is 1.50. The fourth-order valence-electron chi connectivity index (χ4n) is 3.00. The molecule has 0 unspecified atom stereocenters. The number of nitrogens with one attached hydrogen (secondary N) is 1. The number of aromatic nitrogens is 4. The van der Waals surface area contributed by atoms with Crippen LogP contribution in [0.25, 0.3) is 11.4 Å². The van der Waals surface area contributed by atoms with Gasteiger partial charge < -0.3 is 10.1 Å². The number of hydrogen-bond donors (Lipinski definition) is 1. The number of halogens is 1. The highest BCUT2D eigenvalue weighted by Crippen LogP contribution is 2.25. The Morgan fingerprint density at radius 2 is 1.66 bits per heavy atom. The van der Waals surface area contributed by atoms with Gasteiger partial charge in [-0.3, -0.25) is 9.59 Å². The summed E-state index contributed by atoms with van der Waals surface area (Å²) in [7, 11) is 1.56. The van der Waals surface area contributed by atoms with Crippen LogP contribution in [0.1, 0.15) is 20.7 Å². The van der Waals surface area contributed by atoms with Gasteiger partial charge in [-0.15, -0.1) is 10.2 Å². The van der Waals surface area contributed by atoms with Gasteiger partial charge in [-0.25, -0.2) is 0 Å². The smallest absolute Gasteiger partial charge is 0.255 e. The molecule has 0 atom stereocenters. The fourth-order valence-corrected chi connectivity index (χ4v) is 3.12. The number of methoxy groups -OCH3 is 1. The molecule has 0 spiro atoms. The Morgan fingerprint density at radius 1 is 0.969 bits per heavy atom. The summed E-state index contributed by atoms with van der Waals surface area (Å²) in [6.07, 6.45) is 0. The zero-order valence-electron chi connectivity index (χ0n) is 17.0. The number of anilines is 1. The lowest BCUT2D eigenvalue weighted by Crippen LogP contribution is -2.13. The largest absolute Gasteiger partial charge is 0.497 e. The van der Waals surface area contributed by atoms with Crippen LogP contribution in [0.3, 0.4) is 0 Å². The second kappa shape index (κ2) is 9.40. The summed E-state index contributed by atoms with van der Waals surface area (Å²) in [6, 6.07) is 20.5. The molecule has 0 fully saturated rings. The Hall–Kier alpha value is -4.04. The molecule has 0 radical (unpaired) electrons. The van der Waals surface area contributed by atoms with Crippen molar-refractivity contribution in [1.29, 1.82) is 0 Å². The minimum Gasteiger partial charge on any atom is -0.497 e. The van der Waals surface area contributed by atoms with Crippen molar-refractivity contribution in [2.45, 2.75) is 6.54 Å². The van der Waals surface area contributed by atoms with Gasteiger partial charge in [0, 0.05) is 21.7 Å². The maximum Gasteiger partial charge on any atom is 0.255 e. The molecule has 1 heterocycles. The van der Waals surface area contributed by atoms with Crippen LogP contribution in [0.5, 0.6) is 5.75 Å². The van der Waals surface area contributed by atoms with Crippen LogP contribution in [-0.2, 0) is 6.54 Å². The molecule has 32 heavy (non-hydrogen) atoms. The monoisotopic (exact) mass is 447 g/mol. The average Bonchev–Trinajstić information content (AvgIpc) is 3.28. The third kappa shape index (κ3) is 4.81. The first-order chi connectivity index (χ1) is 15.5. The van der Waals surface area contributed by atoms with Crippen molar-refractivity contribution in [1.82, 2.24) is 20.2 Å². The zero-order chi connectivity index (χ0) is 22.5. The SMILES string of the molecule is COc1ccc(C(=O)Cn2nnc(-c3ccccc3NC(=O)c3ccc(Cl)cc3)n2)cc1. The summed E-state index contributed by atoms with van der Waals surface area (Å²) in [5.41, 5.74) is 2.08. The molecular weight excluding hydrogens is 430 g/mol. The van der Waals surface area contributed by atoms with Crippen molar-refractivity contribution >= 4 is 29.0 Å². The lowest BCUT2D eigenvalue weighted by atomic mass is 10.1. The normalized spacial score (nSPS) is 10.6. The van der Waals surface area contributed by atoms with Crippen LogP contribution in [-0.4, -0.2) is 39.0 Å². The van der Waals surface area contributed by atoms with Gasteiger partial charge >= 0.3 is 0 Å². The molecule has 0 aliphatic rings. The van der Waals surface area contributed by atoms with E-state index in [-0.39, 0.29) is 18.2 Å². The number of ketones is 1. The first-order valence-corrected chi connectivity index (χ1v) is 10.0. The molecule has 9 heteroatoms. The predicted molar refractivity (Wildman–Crippen MR) is 120 cm³/mol.